The molecule has 6 heteroatoms. The Balaban J connectivity index is 4.68. The predicted octanol–water partition coefficient (Wildman–Crippen LogP) is -0.878. The van der Waals surface area contributed by atoms with E-state index in [9.17, 15) is 19.2 Å². The van der Waals surface area contributed by atoms with Gasteiger partial charge in [-0.2, -0.15) is 0 Å². The van der Waals surface area contributed by atoms with Crippen LogP contribution in [0.5, 0.6) is 0 Å². The van der Waals surface area contributed by atoms with Gasteiger partial charge in [-0.1, -0.05) is 0 Å². The maximum absolute atomic E-state index is 11.1. The summed E-state index contributed by atoms with van der Waals surface area (Å²) in [6.07, 6.45) is 0.124. The number of methoxy groups -OCH3 is 1. The van der Waals surface area contributed by atoms with Crippen LogP contribution < -0.4 is 0 Å². The molecular formula is C8H11NO5. The van der Waals surface area contributed by atoms with E-state index in [1.807, 2.05) is 0 Å². The number of hydrogen-bond acceptors (Lipinski definition) is 5. The van der Waals surface area contributed by atoms with Crippen molar-refractivity contribution in [3.8, 4) is 0 Å². The maximum Gasteiger partial charge on any atom is 0.329 e. The number of amides is 2. The molecule has 0 N–H and O–H groups in total. The van der Waals surface area contributed by atoms with Crippen molar-refractivity contribution in [3.63, 3.8) is 0 Å². The van der Waals surface area contributed by atoms with Gasteiger partial charge in [-0.15, -0.1) is 0 Å². The van der Waals surface area contributed by atoms with E-state index in [0.717, 1.165) is 7.11 Å². The molecule has 0 heterocycles. The summed E-state index contributed by atoms with van der Waals surface area (Å²) in [7, 11) is 1.11. The third-order valence-corrected chi connectivity index (χ3v) is 1.56. The largest absolute Gasteiger partial charge is 0.467 e. The van der Waals surface area contributed by atoms with E-state index in [1.54, 1.807) is 0 Å². The molecule has 0 radical (unpaired) electrons. The highest BCUT2D eigenvalue weighted by atomic mass is 16.5. The monoisotopic (exact) mass is 201 g/mol. The lowest BCUT2D eigenvalue weighted by Gasteiger charge is -2.18. The number of ether oxygens (including phenoxy) is 1. The van der Waals surface area contributed by atoms with Gasteiger partial charge in [-0.3, -0.25) is 19.3 Å². The van der Waals surface area contributed by atoms with Crippen LogP contribution in [0.2, 0.25) is 0 Å². The average Bonchev–Trinajstić information content (AvgIpc) is 2.16. The molecule has 0 aromatic rings. The first kappa shape index (κ1) is 12.3. The summed E-state index contributed by atoms with van der Waals surface area (Å²) >= 11 is 0. The Bertz CT molecular complexity index is 242. The van der Waals surface area contributed by atoms with Gasteiger partial charge in [0.2, 0.25) is 12.8 Å². The number of ketones is 1. The molecule has 0 aliphatic heterocycles. The molecule has 0 aliphatic rings. The minimum absolute atomic E-state index is 0.178. The lowest BCUT2D eigenvalue weighted by molar-refractivity contribution is -0.153. The van der Waals surface area contributed by atoms with Crippen LogP contribution in [-0.4, -0.2) is 42.6 Å². The molecule has 0 fully saturated rings. The molecule has 0 spiro atoms. The lowest BCUT2D eigenvalue weighted by Crippen LogP contribution is -2.41. The van der Waals surface area contributed by atoms with E-state index in [-0.39, 0.29) is 25.0 Å². The highest BCUT2D eigenvalue weighted by Crippen LogP contribution is 2.03. The Morgan fingerprint density at radius 3 is 2.14 bits per heavy atom. The molecule has 0 aliphatic carbocycles. The molecule has 6 nitrogen and oxygen atoms in total. The van der Waals surface area contributed by atoms with Crippen LogP contribution in [0.4, 0.5) is 0 Å². The number of carbonyl (C=O) groups excluding carboxylic acids is 4. The smallest absolute Gasteiger partial charge is 0.329 e. The number of esters is 1. The first-order chi connectivity index (χ1) is 6.56. The summed E-state index contributed by atoms with van der Waals surface area (Å²) < 4.78 is 4.35. The quantitative estimate of drug-likeness (QED) is 0.412. The summed E-state index contributed by atoms with van der Waals surface area (Å²) in [6, 6.07) is -1.16. The van der Waals surface area contributed by atoms with Crippen LogP contribution in [0.3, 0.4) is 0 Å². The highest BCUT2D eigenvalue weighted by Gasteiger charge is 2.26. The van der Waals surface area contributed by atoms with Crippen molar-refractivity contribution in [2.45, 2.75) is 19.4 Å². The fourth-order valence-electron chi connectivity index (χ4n) is 0.891. The average molecular weight is 201 g/mol. The number of rotatable bonds is 6. The molecule has 0 rings (SSSR count). The zero-order chi connectivity index (χ0) is 11.1. The van der Waals surface area contributed by atoms with Crippen LogP contribution in [0, 0.1) is 0 Å². The van der Waals surface area contributed by atoms with Crippen LogP contribution in [0.15, 0.2) is 0 Å². The van der Waals surface area contributed by atoms with E-state index in [2.05, 4.69) is 4.74 Å². The molecule has 1 atom stereocenters. The summed E-state index contributed by atoms with van der Waals surface area (Å²) in [5.41, 5.74) is 0. The van der Waals surface area contributed by atoms with Crippen molar-refractivity contribution >= 4 is 24.6 Å². The Kier molecular flexibility index (Phi) is 5.13. The van der Waals surface area contributed by atoms with Gasteiger partial charge in [0.1, 0.15) is 11.8 Å². The van der Waals surface area contributed by atoms with Gasteiger partial charge in [-0.05, 0) is 6.92 Å². The fraction of sp³-hybridized carbons (Fsp3) is 0.500. The van der Waals surface area contributed by atoms with Crippen molar-refractivity contribution in [2.75, 3.05) is 7.11 Å². The Morgan fingerprint density at radius 1 is 1.36 bits per heavy atom. The molecule has 78 valence electrons. The third kappa shape index (κ3) is 3.34. The van der Waals surface area contributed by atoms with Gasteiger partial charge in [0.25, 0.3) is 0 Å². The molecule has 14 heavy (non-hydrogen) atoms. The summed E-state index contributed by atoms with van der Waals surface area (Å²) in [4.78, 5) is 43.1. The second-order valence-corrected chi connectivity index (χ2v) is 2.60. The van der Waals surface area contributed by atoms with E-state index in [0.29, 0.717) is 4.90 Å². The van der Waals surface area contributed by atoms with Crippen LogP contribution in [0.25, 0.3) is 0 Å². The second-order valence-electron chi connectivity index (χ2n) is 2.60. The van der Waals surface area contributed by atoms with Crippen molar-refractivity contribution in [1.82, 2.24) is 4.90 Å². The van der Waals surface area contributed by atoms with Gasteiger partial charge < -0.3 is 4.74 Å². The minimum atomic E-state index is -1.16. The summed E-state index contributed by atoms with van der Waals surface area (Å²) in [6.45, 7) is 1.25. The molecule has 0 saturated carbocycles. The van der Waals surface area contributed by atoms with Gasteiger partial charge in [0, 0.05) is 6.42 Å². The second kappa shape index (κ2) is 5.85. The normalized spacial score (nSPS) is 11.3. The van der Waals surface area contributed by atoms with Crippen molar-refractivity contribution in [1.29, 1.82) is 0 Å². The van der Waals surface area contributed by atoms with Crippen LogP contribution in [0.1, 0.15) is 13.3 Å². The summed E-state index contributed by atoms with van der Waals surface area (Å²) in [5, 5.41) is 0. The first-order valence-electron chi connectivity index (χ1n) is 3.82. The van der Waals surface area contributed by atoms with Gasteiger partial charge in [0.15, 0.2) is 0 Å². The number of Topliss-reactive ketones (excluding diaryl/α,β-unsaturated/α-hetero) is 1. The third-order valence-electron chi connectivity index (χ3n) is 1.56. The van der Waals surface area contributed by atoms with Crippen LogP contribution >= 0.6 is 0 Å². The number of imide groups is 1. The number of hydrogen-bond donors (Lipinski definition) is 0. The zero-order valence-electron chi connectivity index (χ0n) is 7.93. The topological polar surface area (TPSA) is 80.8 Å². The van der Waals surface area contributed by atoms with E-state index >= 15 is 0 Å². The fourth-order valence-corrected chi connectivity index (χ4v) is 0.891. The highest BCUT2D eigenvalue weighted by molar-refractivity contribution is 5.89. The molecule has 0 aromatic heterocycles. The van der Waals surface area contributed by atoms with E-state index in [4.69, 9.17) is 0 Å². The standard InChI is InChI=1S/C8H11NO5/c1-6(12)3-7(8(13)14-2)9(4-10)5-11/h4-5,7H,3H2,1-2H3. The molecule has 1 unspecified atom stereocenters. The Morgan fingerprint density at radius 2 is 1.86 bits per heavy atom. The van der Waals surface area contributed by atoms with E-state index < -0.39 is 12.0 Å². The Hall–Kier alpha value is -1.72. The molecule has 0 aromatic carbocycles. The molecular weight excluding hydrogens is 190 g/mol. The van der Waals surface area contributed by atoms with Crippen molar-refractivity contribution in [3.05, 3.63) is 0 Å². The maximum atomic E-state index is 11.1. The van der Waals surface area contributed by atoms with Gasteiger partial charge in [0.05, 0.1) is 7.11 Å². The SMILES string of the molecule is COC(=O)C(CC(C)=O)N(C=O)C=O. The van der Waals surface area contributed by atoms with Crippen molar-refractivity contribution < 1.29 is 23.9 Å². The molecule has 0 saturated heterocycles. The van der Waals surface area contributed by atoms with Gasteiger partial charge >= 0.3 is 5.97 Å². The van der Waals surface area contributed by atoms with Crippen molar-refractivity contribution in [2.24, 2.45) is 0 Å². The van der Waals surface area contributed by atoms with Gasteiger partial charge in [-0.25, -0.2) is 4.79 Å². The lowest BCUT2D eigenvalue weighted by atomic mass is 10.1. The number of nitrogens with zero attached hydrogens (tertiary/aromatic N) is 1. The van der Waals surface area contributed by atoms with Crippen LogP contribution in [-0.2, 0) is 23.9 Å². The zero-order valence-corrected chi connectivity index (χ0v) is 7.93. The summed E-state index contributed by atoms with van der Waals surface area (Å²) in [5.74, 6) is -1.10. The molecule has 0 bridgehead atoms. The Labute approximate surface area is 80.8 Å². The van der Waals surface area contributed by atoms with E-state index in [1.165, 1.54) is 6.92 Å². The first-order valence-corrected chi connectivity index (χ1v) is 3.82. The predicted molar refractivity (Wildman–Crippen MR) is 45.1 cm³/mol. The molecule has 2 amide bonds. The minimum Gasteiger partial charge on any atom is -0.467 e. The number of carbonyl (C=O) groups is 4.